The standard InChI is InChI=1S/C44H69NO12/c1-10-13-31-19-25(2)18-26(3)20-38(55-9)39-24-36(53-7)29(6)44(52,57-39)41(49)42(50)45-17-12-11-14-32(45)43(51)56-40(28(5)34(47)23-35(31)48)27(4)21-30-15-16-33(46)37(22-30)54-8/h10,19,21,25-26,28-30,32-34,36-40,46-47,52H,1,11-18,20,22-24H2,2-9H3/t25?,26-,28+,29+,30?,32?,33+,34-,36+,37+,38-,39-,40+,44+/m0/s1. The molecular weight excluding hydrogens is 734 g/mol. The topological polar surface area (TPSA) is 178 Å². The summed E-state index contributed by atoms with van der Waals surface area (Å²) in [5, 5.41) is 34.2. The number of carbonyl (C=O) groups is 4. The average Bonchev–Trinajstić information content (AvgIpc) is 3.19. The van der Waals surface area contributed by atoms with Crippen LogP contribution in [0, 0.1) is 29.6 Å². The first-order valence-electron chi connectivity index (χ1n) is 20.9. The second-order valence-electron chi connectivity index (χ2n) is 17.2. The molecule has 1 aliphatic carbocycles. The van der Waals surface area contributed by atoms with Crippen molar-refractivity contribution >= 4 is 23.4 Å². The number of piperidine rings is 1. The van der Waals surface area contributed by atoms with Crippen molar-refractivity contribution in [3.63, 3.8) is 0 Å². The van der Waals surface area contributed by atoms with E-state index in [4.69, 9.17) is 23.7 Å². The van der Waals surface area contributed by atoms with Gasteiger partial charge in [0.25, 0.3) is 11.7 Å². The molecule has 2 saturated heterocycles. The van der Waals surface area contributed by atoms with E-state index in [0.29, 0.717) is 68.9 Å². The van der Waals surface area contributed by atoms with Crippen LogP contribution in [0.1, 0.15) is 105 Å². The Balaban J connectivity index is 1.78. The van der Waals surface area contributed by atoms with Gasteiger partial charge in [-0.05, 0) is 93.6 Å². The third kappa shape index (κ3) is 11.3. The normalized spacial score (nSPS) is 40.1. The number of aliphatic hydroxyl groups excluding tert-OH is 2. The van der Waals surface area contributed by atoms with Crippen LogP contribution in [0.3, 0.4) is 0 Å². The molecule has 0 aromatic rings. The molecule has 14 atom stereocenters. The molecule has 4 rings (SSSR count). The van der Waals surface area contributed by atoms with Crippen molar-refractivity contribution < 1.29 is 58.2 Å². The molecule has 3 aliphatic heterocycles. The van der Waals surface area contributed by atoms with Gasteiger partial charge in [0, 0.05) is 52.6 Å². The number of allylic oxidation sites excluding steroid dienone is 4. The van der Waals surface area contributed by atoms with Crippen LogP contribution in [0.4, 0.5) is 0 Å². The number of methoxy groups -OCH3 is 3. The fraction of sp³-hybridized carbons (Fsp3) is 0.773. The van der Waals surface area contributed by atoms with Gasteiger partial charge in [0.15, 0.2) is 5.78 Å². The van der Waals surface area contributed by atoms with E-state index < -0.39 is 77.9 Å². The number of carbonyl (C=O) groups excluding carboxylic acids is 4. The minimum absolute atomic E-state index is 0.0137. The maximum absolute atomic E-state index is 14.3. The van der Waals surface area contributed by atoms with Gasteiger partial charge in [-0.2, -0.15) is 0 Å². The molecule has 1 saturated carbocycles. The van der Waals surface area contributed by atoms with Crippen molar-refractivity contribution in [2.75, 3.05) is 27.9 Å². The van der Waals surface area contributed by atoms with Crippen molar-refractivity contribution in [2.45, 2.75) is 160 Å². The molecule has 3 heterocycles. The highest BCUT2D eigenvalue weighted by Gasteiger charge is 2.57. The van der Waals surface area contributed by atoms with Crippen molar-refractivity contribution in [1.82, 2.24) is 4.90 Å². The van der Waals surface area contributed by atoms with Gasteiger partial charge in [-0.15, -0.1) is 6.58 Å². The Morgan fingerprint density at radius 1 is 0.912 bits per heavy atom. The van der Waals surface area contributed by atoms with Crippen molar-refractivity contribution in [3.8, 4) is 0 Å². The maximum atomic E-state index is 14.3. The van der Waals surface area contributed by atoms with E-state index >= 15 is 0 Å². The molecule has 4 aliphatic rings. The average molecular weight is 804 g/mol. The zero-order chi connectivity index (χ0) is 42.2. The molecule has 322 valence electrons. The van der Waals surface area contributed by atoms with Gasteiger partial charge < -0.3 is 43.9 Å². The second kappa shape index (κ2) is 21.0. The Morgan fingerprint density at radius 3 is 2.25 bits per heavy atom. The van der Waals surface area contributed by atoms with Gasteiger partial charge in [0.2, 0.25) is 5.79 Å². The van der Waals surface area contributed by atoms with Crippen LogP contribution in [-0.2, 0) is 42.9 Å². The van der Waals surface area contributed by atoms with Crippen LogP contribution in [0.2, 0.25) is 0 Å². The molecule has 0 aromatic carbocycles. The Labute approximate surface area is 339 Å². The monoisotopic (exact) mass is 803 g/mol. The van der Waals surface area contributed by atoms with Crippen molar-refractivity contribution in [2.24, 2.45) is 29.6 Å². The smallest absolute Gasteiger partial charge is 0.329 e. The third-order valence-corrected chi connectivity index (χ3v) is 12.9. The number of hydrogen-bond donors (Lipinski definition) is 3. The number of nitrogens with zero attached hydrogens (tertiary/aromatic N) is 1. The minimum Gasteiger partial charge on any atom is -0.456 e. The number of amides is 1. The van der Waals surface area contributed by atoms with Crippen molar-refractivity contribution in [3.05, 3.63) is 36.0 Å². The number of aliphatic hydroxyl groups is 3. The Bertz CT molecular complexity index is 1480. The maximum Gasteiger partial charge on any atom is 0.329 e. The molecule has 3 unspecified atom stereocenters. The van der Waals surface area contributed by atoms with Gasteiger partial charge in [-0.3, -0.25) is 14.4 Å². The Kier molecular flexibility index (Phi) is 17.2. The molecule has 13 nitrogen and oxygen atoms in total. The molecule has 0 spiro atoms. The number of hydrogen-bond acceptors (Lipinski definition) is 12. The summed E-state index contributed by atoms with van der Waals surface area (Å²) in [5.41, 5.74) is 1.18. The van der Waals surface area contributed by atoms with E-state index in [9.17, 15) is 34.5 Å². The summed E-state index contributed by atoms with van der Waals surface area (Å²) in [7, 11) is 4.58. The summed E-state index contributed by atoms with van der Waals surface area (Å²) in [6.07, 6.45) is 5.05. The number of fused-ring (bicyclic) bond motifs is 3. The highest BCUT2D eigenvalue weighted by atomic mass is 16.7. The predicted octanol–water partition coefficient (Wildman–Crippen LogP) is 4.64. The third-order valence-electron chi connectivity index (χ3n) is 12.9. The summed E-state index contributed by atoms with van der Waals surface area (Å²) in [5.74, 6) is -7.48. The molecule has 3 N–H and O–H groups in total. The molecule has 0 radical (unpaired) electrons. The fourth-order valence-corrected chi connectivity index (χ4v) is 9.47. The van der Waals surface area contributed by atoms with Gasteiger partial charge in [-0.25, -0.2) is 4.79 Å². The molecule has 3 fully saturated rings. The van der Waals surface area contributed by atoms with E-state index in [2.05, 4.69) is 13.5 Å². The van der Waals surface area contributed by atoms with Crippen LogP contribution in [-0.4, -0.2) is 126 Å². The van der Waals surface area contributed by atoms with Crippen LogP contribution in [0.5, 0.6) is 0 Å². The lowest BCUT2D eigenvalue weighted by Crippen LogP contribution is -2.64. The SMILES string of the molecule is C=CCC1=CC(C)C[C@H](C)C[C@H](OC)[C@@H]2C[C@@H](OC)[C@@H](C)[C@@](O)(O2)C(=O)C(=O)N2CCCCC2C(=O)O[C@H](C(C)=CC2CC[C@@H](O)[C@H](OC)C2)[C@H](C)[C@@H](O)CC1=O. The molecular formula is C44H69NO12. The van der Waals surface area contributed by atoms with Crippen LogP contribution in [0.25, 0.3) is 0 Å². The van der Waals surface area contributed by atoms with Gasteiger partial charge in [0.1, 0.15) is 12.1 Å². The van der Waals surface area contributed by atoms with E-state index in [1.165, 1.54) is 19.1 Å². The predicted molar refractivity (Wildman–Crippen MR) is 213 cm³/mol. The molecule has 0 aromatic heterocycles. The second-order valence-corrected chi connectivity index (χ2v) is 17.2. The first kappa shape index (κ1) is 46.9. The van der Waals surface area contributed by atoms with Crippen molar-refractivity contribution in [1.29, 1.82) is 0 Å². The highest BCUT2D eigenvalue weighted by Crippen LogP contribution is 2.39. The number of ketones is 2. The van der Waals surface area contributed by atoms with Gasteiger partial charge >= 0.3 is 5.97 Å². The van der Waals surface area contributed by atoms with E-state index in [1.807, 2.05) is 26.0 Å². The number of rotatable bonds is 7. The molecule has 57 heavy (non-hydrogen) atoms. The lowest BCUT2D eigenvalue weighted by molar-refractivity contribution is -0.299. The lowest BCUT2D eigenvalue weighted by Gasteiger charge is -2.47. The zero-order valence-corrected chi connectivity index (χ0v) is 35.4. The summed E-state index contributed by atoms with van der Waals surface area (Å²) in [6.45, 7) is 13.2. The van der Waals surface area contributed by atoms with Gasteiger partial charge in [0.05, 0.1) is 36.6 Å². The quantitative estimate of drug-likeness (QED) is 0.185. The van der Waals surface area contributed by atoms with E-state index in [-0.39, 0.29) is 49.0 Å². The number of ether oxygens (including phenoxy) is 5. The largest absolute Gasteiger partial charge is 0.456 e. The number of cyclic esters (lactones) is 1. The first-order valence-corrected chi connectivity index (χ1v) is 20.9. The van der Waals surface area contributed by atoms with E-state index in [1.54, 1.807) is 27.0 Å². The molecule has 1 amide bonds. The van der Waals surface area contributed by atoms with Crippen LogP contribution in [0.15, 0.2) is 36.0 Å². The number of esters is 1. The van der Waals surface area contributed by atoms with Crippen LogP contribution < -0.4 is 0 Å². The van der Waals surface area contributed by atoms with E-state index in [0.717, 1.165) is 0 Å². The summed E-state index contributed by atoms with van der Waals surface area (Å²) in [4.78, 5) is 57.9. The Morgan fingerprint density at radius 2 is 1.60 bits per heavy atom. The van der Waals surface area contributed by atoms with Crippen LogP contribution >= 0.6 is 0 Å². The van der Waals surface area contributed by atoms with Gasteiger partial charge in [-0.1, -0.05) is 45.9 Å². The fourth-order valence-electron chi connectivity index (χ4n) is 9.47. The summed E-state index contributed by atoms with van der Waals surface area (Å²) >= 11 is 0. The molecule has 13 heteroatoms. The summed E-state index contributed by atoms with van der Waals surface area (Å²) in [6, 6.07) is -1.15. The highest BCUT2D eigenvalue weighted by molar-refractivity contribution is 6.39. The first-order chi connectivity index (χ1) is 27.0. The minimum atomic E-state index is -2.56. The summed E-state index contributed by atoms with van der Waals surface area (Å²) < 4.78 is 29.7. The zero-order valence-electron chi connectivity index (χ0n) is 35.4. The number of Topliss-reactive ketones (excluding diaryl/α,β-unsaturated/α-hetero) is 2. The Hall–Kier alpha value is -2.78. The lowest BCUT2D eigenvalue weighted by atomic mass is 9.81. The molecule has 2 bridgehead atoms.